The van der Waals surface area contributed by atoms with Gasteiger partial charge < -0.3 is 14.7 Å². The number of aromatic nitrogens is 2. The van der Waals surface area contributed by atoms with Gasteiger partial charge in [0.2, 0.25) is 5.88 Å². The monoisotopic (exact) mass is 197 g/mol. The van der Waals surface area contributed by atoms with Crippen LogP contribution in [0.4, 0.5) is 0 Å². The van der Waals surface area contributed by atoms with Crippen LogP contribution >= 0.6 is 0 Å². The zero-order chi connectivity index (χ0) is 10.4. The van der Waals surface area contributed by atoms with Crippen molar-refractivity contribution in [1.82, 2.24) is 15.1 Å². The third-order valence-electron chi connectivity index (χ3n) is 1.65. The van der Waals surface area contributed by atoms with Gasteiger partial charge in [0.25, 0.3) is 0 Å². The average molecular weight is 197 g/mol. The molecule has 1 aromatic heterocycles. The molecule has 0 radical (unpaired) electrons. The fourth-order valence-corrected chi connectivity index (χ4v) is 0.842. The van der Waals surface area contributed by atoms with Crippen LogP contribution in [0.15, 0.2) is 12.1 Å². The summed E-state index contributed by atoms with van der Waals surface area (Å²) in [5.74, 6) is 0.490. The van der Waals surface area contributed by atoms with E-state index < -0.39 is 0 Å². The molecule has 0 atom stereocenters. The fourth-order valence-electron chi connectivity index (χ4n) is 0.842. The molecule has 1 rings (SSSR count). The summed E-state index contributed by atoms with van der Waals surface area (Å²) in [4.78, 5) is 2.02. The molecule has 0 bridgehead atoms. The molecule has 1 heterocycles. The maximum absolute atomic E-state index is 8.73. The lowest BCUT2D eigenvalue weighted by Gasteiger charge is -2.09. The van der Waals surface area contributed by atoms with Crippen LogP contribution in [0.25, 0.3) is 0 Å². The molecule has 0 aliphatic carbocycles. The molecule has 0 saturated heterocycles. The van der Waals surface area contributed by atoms with Crippen molar-refractivity contribution in [3.05, 3.63) is 17.8 Å². The lowest BCUT2D eigenvalue weighted by Crippen LogP contribution is -2.19. The average Bonchev–Trinajstić information content (AvgIpc) is 2.18. The Morgan fingerprint density at radius 3 is 2.64 bits per heavy atom. The van der Waals surface area contributed by atoms with Gasteiger partial charge in [0.05, 0.1) is 12.3 Å². The second kappa shape index (κ2) is 5.51. The van der Waals surface area contributed by atoms with Gasteiger partial charge in [0, 0.05) is 12.6 Å². The van der Waals surface area contributed by atoms with Crippen molar-refractivity contribution in [2.45, 2.75) is 6.61 Å². The number of hydrogen-bond donors (Lipinski definition) is 1. The van der Waals surface area contributed by atoms with E-state index in [0.717, 1.165) is 6.54 Å². The summed E-state index contributed by atoms with van der Waals surface area (Å²) in [5, 5.41) is 16.3. The Kier molecular flexibility index (Phi) is 4.28. The van der Waals surface area contributed by atoms with Crippen molar-refractivity contribution in [3.63, 3.8) is 0 Å². The van der Waals surface area contributed by atoms with Gasteiger partial charge in [0.1, 0.15) is 6.61 Å². The molecule has 0 aliphatic rings. The van der Waals surface area contributed by atoms with Gasteiger partial charge in [-0.25, -0.2) is 0 Å². The minimum atomic E-state index is -0.0923. The molecule has 0 unspecified atom stereocenters. The van der Waals surface area contributed by atoms with Gasteiger partial charge in [-0.2, -0.15) is 0 Å². The molecule has 78 valence electrons. The Morgan fingerprint density at radius 2 is 2.14 bits per heavy atom. The van der Waals surface area contributed by atoms with Crippen LogP contribution in [0.5, 0.6) is 5.88 Å². The number of ether oxygens (including phenoxy) is 1. The number of likely N-dealkylation sites (N-methyl/N-ethyl adjacent to an activating group) is 1. The standard InChI is InChI=1S/C9H15N3O2/c1-12(2)5-6-14-9-4-3-8(7-13)10-11-9/h3-4,13H,5-7H2,1-2H3. The van der Waals surface area contributed by atoms with Gasteiger partial charge in [0.15, 0.2) is 0 Å². The molecule has 0 spiro atoms. The van der Waals surface area contributed by atoms with E-state index in [1.165, 1.54) is 0 Å². The molecule has 5 nitrogen and oxygen atoms in total. The topological polar surface area (TPSA) is 58.5 Å². The molecule has 14 heavy (non-hydrogen) atoms. The maximum Gasteiger partial charge on any atom is 0.233 e. The SMILES string of the molecule is CN(C)CCOc1ccc(CO)nn1. The highest BCUT2D eigenvalue weighted by Gasteiger charge is 1.97. The number of rotatable bonds is 5. The molecule has 0 aromatic carbocycles. The first-order valence-corrected chi connectivity index (χ1v) is 4.43. The molecular weight excluding hydrogens is 182 g/mol. The quantitative estimate of drug-likeness (QED) is 0.715. The lowest BCUT2D eigenvalue weighted by molar-refractivity contribution is 0.248. The van der Waals surface area contributed by atoms with E-state index in [9.17, 15) is 0 Å². The van der Waals surface area contributed by atoms with Crippen molar-refractivity contribution in [3.8, 4) is 5.88 Å². The van der Waals surface area contributed by atoms with E-state index in [-0.39, 0.29) is 6.61 Å². The summed E-state index contributed by atoms with van der Waals surface area (Å²) >= 11 is 0. The minimum absolute atomic E-state index is 0.0923. The second-order valence-corrected chi connectivity index (χ2v) is 3.17. The van der Waals surface area contributed by atoms with Crippen molar-refractivity contribution in [2.75, 3.05) is 27.2 Å². The van der Waals surface area contributed by atoms with Crippen molar-refractivity contribution in [2.24, 2.45) is 0 Å². The third kappa shape index (κ3) is 3.68. The lowest BCUT2D eigenvalue weighted by atomic mass is 10.4. The molecule has 0 saturated carbocycles. The van der Waals surface area contributed by atoms with Crippen LogP contribution in [-0.2, 0) is 6.61 Å². The normalized spacial score (nSPS) is 10.6. The van der Waals surface area contributed by atoms with Crippen LogP contribution in [0.3, 0.4) is 0 Å². The van der Waals surface area contributed by atoms with E-state index in [0.29, 0.717) is 18.2 Å². The predicted molar refractivity (Wildman–Crippen MR) is 52.0 cm³/mol. The van der Waals surface area contributed by atoms with E-state index in [2.05, 4.69) is 10.2 Å². The van der Waals surface area contributed by atoms with E-state index in [1.807, 2.05) is 19.0 Å². The smallest absolute Gasteiger partial charge is 0.233 e. The zero-order valence-corrected chi connectivity index (χ0v) is 8.47. The summed E-state index contributed by atoms with van der Waals surface area (Å²) in [5.41, 5.74) is 0.546. The van der Waals surface area contributed by atoms with Gasteiger partial charge in [-0.1, -0.05) is 0 Å². The van der Waals surface area contributed by atoms with Gasteiger partial charge in [-0.15, -0.1) is 10.2 Å². The van der Waals surface area contributed by atoms with Crippen molar-refractivity contribution < 1.29 is 9.84 Å². The van der Waals surface area contributed by atoms with Crippen LogP contribution in [0.2, 0.25) is 0 Å². The number of aliphatic hydroxyl groups is 1. The van der Waals surface area contributed by atoms with Gasteiger partial charge in [-0.3, -0.25) is 0 Å². The highest BCUT2D eigenvalue weighted by molar-refractivity contribution is 5.10. The maximum atomic E-state index is 8.73. The van der Waals surface area contributed by atoms with Crippen molar-refractivity contribution >= 4 is 0 Å². The van der Waals surface area contributed by atoms with Gasteiger partial charge in [-0.05, 0) is 20.2 Å². The largest absolute Gasteiger partial charge is 0.475 e. The third-order valence-corrected chi connectivity index (χ3v) is 1.65. The summed E-state index contributed by atoms with van der Waals surface area (Å²) in [6.45, 7) is 1.33. The Labute approximate surface area is 83.3 Å². The molecule has 5 heteroatoms. The molecule has 0 amide bonds. The Morgan fingerprint density at radius 1 is 1.36 bits per heavy atom. The second-order valence-electron chi connectivity index (χ2n) is 3.17. The molecular formula is C9H15N3O2. The summed E-state index contributed by atoms with van der Waals surface area (Å²) in [6, 6.07) is 3.40. The Bertz CT molecular complexity index is 261. The number of nitrogens with zero attached hydrogens (tertiary/aromatic N) is 3. The van der Waals surface area contributed by atoms with E-state index in [1.54, 1.807) is 12.1 Å². The predicted octanol–water partition coefficient (Wildman–Crippen LogP) is -0.0907. The highest BCUT2D eigenvalue weighted by atomic mass is 16.5. The molecule has 0 fully saturated rings. The van der Waals surface area contributed by atoms with E-state index >= 15 is 0 Å². The van der Waals surface area contributed by atoms with Crippen molar-refractivity contribution in [1.29, 1.82) is 0 Å². The Balaban J connectivity index is 2.36. The first-order chi connectivity index (χ1) is 6.72. The van der Waals surface area contributed by atoms with Crippen LogP contribution < -0.4 is 4.74 Å². The fraction of sp³-hybridized carbons (Fsp3) is 0.556. The first kappa shape index (κ1) is 10.9. The zero-order valence-electron chi connectivity index (χ0n) is 8.47. The first-order valence-electron chi connectivity index (χ1n) is 4.43. The van der Waals surface area contributed by atoms with Crippen LogP contribution in [0.1, 0.15) is 5.69 Å². The minimum Gasteiger partial charge on any atom is -0.475 e. The highest BCUT2D eigenvalue weighted by Crippen LogP contribution is 2.04. The number of aliphatic hydroxyl groups excluding tert-OH is 1. The van der Waals surface area contributed by atoms with Crippen LogP contribution in [-0.4, -0.2) is 47.5 Å². The number of hydrogen-bond acceptors (Lipinski definition) is 5. The molecule has 0 aliphatic heterocycles. The van der Waals surface area contributed by atoms with E-state index in [4.69, 9.17) is 9.84 Å². The molecule has 1 aromatic rings. The van der Waals surface area contributed by atoms with Crippen LogP contribution in [0, 0.1) is 0 Å². The Hall–Kier alpha value is -1.20. The molecule has 1 N–H and O–H groups in total. The summed E-state index contributed by atoms with van der Waals surface area (Å²) in [6.07, 6.45) is 0. The summed E-state index contributed by atoms with van der Waals surface area (Å²) < 4.78 is 5.32. The summed E-state index contributed by atoms with van der Waals surface area (Å²) in [7, 11) is 3.95. The van der Waals surface area contributed by atoms with Gasteiger partial charge >= 0.3 is 0 Å².